The minimum Gasteiger partial charge on any atom is -0.347 e. The molecule has 5 heteroatoms. The van der Waals surface area contributed by atoms with Crippen LogP contribution in [0.2, 0.25) is 5.02 Å². The van der Waals surface area contributed by atoms with Crippen molar-refractivity contribution in [2.45, 2.75) is 25.6 Å². The van der Waals surface area contributed by atoms with E-state index in [0.29, 0.717) is 31.3 Å². The van der Waals surface area contributed by atoms with Crippen molar-refractivity contribution in [2.75, 3.05) is 26.3 Å². The summed E-state index contributed by atoms with van der Waals surface area (Å²) in [6.07, 6.45) is 3.38. The molecule has 0 N–H and O–H groups in total. The summed E-state index contributed by atoms with van der Waals surface area (Å²) in [5.41, 5.74) is 1.71. The number of likely N-dealkylation sites (tertiary alicyclic amines) is 1. The first-order valence-electron chi connectivity index (χ1n) is 7.59. The number of hydrogen-bond acceptors (Lipinski definition) is 3. The van der Waals surface area contributed by atoms with Gasteiger partial charge in [-0.2, -0.15) is 0 Å². The molecule has 1 amide bonds. The first kappa shape index (κ1) is 15.5. The lowest BCUT2D eigenvalue weighted by Gasteiger charge is -2.37. The van der Waals surface area contributed by atoms with Gasteiger partial charge < -0.3 is 14.4 Å². The highest BCUT2D eigenvalue weighted by Crippen LogP contribution is 2.31. The Hall–Kier alpha value is -1.36. The number of nitrogens with zero attached hydrogens (tertiary/aromatic N) is 1. The Bertz CT molecular complexity index is 566. The van der Waals surface area contributed by atoms with Gasteiger partial charge in [0.15, 0.2) is 5.79 Å². The van der Waals surface area contributed by atoms with Crippen LogP contribution >= 0.6 is 11.6 Å². The average Bonchev–Trinajstić information content (AvgIpc) is 2.98. The number of amides is 1. The second kappa shape index (κ2) is 6.41. The molecule has 2 aliphatic rings. The van der Waals surface area contributed by atoms with Crippen molar-refractivity contribution >= 4 is 23.6 Å². The van der Waals surface area contributed by atoms with E-state index >= 15 is 0 Å². The highest BCUT2D eigenvalue weighted by Gasteiger charge is 2.40. The molecule has 1 spiro atoms. The monoisotopic (exact) mass is 321 g/mol. The van der Waals surface area contributed by atoms with Crippen LogP contribution in [0.1, 0.15) is 25.3 Å². The first-order chi connectivity index (χ1) is 10.6. The van der Waals surface area contributed by atoms with Gasteiger partial charge in [-0.05, 0) is 30.7 Å². The quantitative estimate of drug-likeness (QED) is 0.786. The van der Waals surface area contributed by atoms with Gasteiger partial charge in [-0.1, -0.05) is 23.7 Å². The molecule has 0 radical (unpaired) electrons. The van der Waals surface area contributed by atoms with Gasteiger partial charge in [0.1, 0.15) is 0 Å². The second-order valence-corrected chi connectivity index (χ2v) is 6.22. The standard InChI is InChI=1S/C17H20ClNO3/c1-13(12-14-2-4-15(18)5-3-14)16(20)19-8-6-17(7-9-19)21-10-11-22-17/h2-5,12H,6-11H2,1H3/b13-12+. The molecule has 0 bridgehead atoms. The number of carbonyl (C=O) groups excluding carboxylic acids is 1. The highest BCUT2D eigenvalue weighted by atomic mass is 35.5. The Morgan fingerprint density at radius 1 is 1.18 bits per heavy atom. The lowest BCUT2D eigenvalue weighted by molar-refractivity contribution is -0.186. The Morgan fingerprint density at radius 3 is 2.36 bits per heavy atom. The van der Waals surface area contributed by atoms with Crippen LogP contribution in [0.3, 0.4) is 0 Å². The molecule has 22 heavy (non-hydrogen) atoms. The van der Waals surface area contributed by atoms with E-state index in [1.54, 1.807) is 0 Å². The van der Waals surface area contributed by atoms with Gasteiger partial charge in [-0.15, -0.1) is 0 Å². The van der Waals surface area contributed by atoms with Crippen molar-refractivity contribution in [3.8, 4) is 0 Å². The third kappa shape index (κ3) is 3.35. The predicted octanol–water partition coefficient (Wildman–Crippen LogP) is 3.11. The van der Waals surface area contributed by atoms with E-state index in [2.05, 4.69) is 0 Å². The molecule has 0 aromatic heterocycles. The normalized spacial score (nSPS) is 21.4. The van der Waals surface area contributed by atoms with Crippen molar-refractivity contribution in [1.29, 1.82) is 0 Å². The molecule has 0 atom stereocenters. The van der Waals surface area contributed by atoms with Crippen LogP contribution in [-0.4, -0.2) is 42.9 Å². The molecule has 0 aliphatic carbocycles. The average molecular weight is 322 g/mol. The van der Waals surface area contributed by atoms with Crippen LogP contribution in [0.4, 0.5) is 0 Å². The number of carbonyl (C=O) groups is 1. The molecule has 2 heterocycles. The Labute approximate surface area is 135 Å². The third-order valence-electron chi connectivity index (χ3n) is 4.22. The summed E-state index contributed by atoms with van der Waals surface area (Å²) in [6, 6.07) is 7.46. The second-order valence-electron chi connectivity index (χ2n) is 5.78. The van der Waals surface area contributed by atoms with Gasteiger partial charge in [0, 0.05) is 36.5 Å². The zero-order chi connectivity index (χ0) is 15.6. The molecule has 118 valence electrons. The molecule has 1 aromatic rings. The summed E-state index contributed by atoms with van der Waals surface area (Å²) in [7, 11) is 0. The smallest absolute Gasteiger partial charge is 0.249 e. The number of halogens is 1. The fourth-order valence-electron chi connectivity index (χ4n) is 2.96. The van der Waals surface area contributed by atoms with E-state index in [4.69, 9.17) is 21.1 Å². The number of hydrogen-bond donors (Lipinski definition) is 0. The molecule has 2 aliphatic heterocycles. The van der Waals surface area contributed by atoms with Crippen molar-refractivity contribution in [3.05, 3.63) is 40.4 Å². The maximum absolute atomic E-state index is 12.5. The number of piperidine rings is 1. The predicted molar refractivity (Wildman–Crippen MR) is 85.6 cm³/mol. The molecule has 0 saturated carbocycles. The minimum atomic E-state index is -0.440. The zero-order valence-electron chi connectivity index (χ0n) is 12.7. The van der Waals surface area contributed by atoms with E-state index in [9.17, 15) is 4.79 Å². The topological polar surface area (TPSA) is 38.8 Å². The maximum atomic E-state index is 12.5. The summed E-state index contributed by atoms with van der Waals surface area (Å²) >= 11 is 5.87. The van der Waals surface area contributed by atoms with E-state index < -0.39 is 5.79 Å². The fraction of sp³-hybridized carbons (Fsp3) is 0.471. The van der Waals surface area contributed by atoms with Crippen molar-refractivity contribution in [2.24, 2.45) is 0 Å². The molecule has 2 fully saturated rings. The molecule has 1 aromatic carbocycles. The van der Waals surface area contributed by atoms with Crippen molar-refractivity contribution < 1.29 is 14.3 Å². The van der Waals surface area contributed by atoms with Gasteiger partial charge in [-0.25, -0.2) is 0 Å². The molecular formula is C17H20ClNO3. The van der Waals surface area contributed by atoms with Crippen LogP contribution in [-0.2, 0) is 14.3 Å². The maximum Gasteiger partial charge on any atom is 0.249 e. The van der Waals surface area contributed by atoms with Crippen molar-refractivity contribution in [3.63, 3.8) is 0 Å². The van der Waals surface area contributed by atoms with Gasteiger partial charge in [0.2, 0.25) is 5.91 Å². The van der Waals surface area contributed by atoms with E-state index in [1.165, 1.54) is 0 Å². The molecule has 2 saturated heterocycles. The highest BCUT2D eigenvalue weighted by molar-refractivity contribution is 6.30. The lowest BCUT2D eigenvalue weighted by Crippen LogP contribution is -2.47. The largest absolute Gasteiger partial charge is 0.347 e. The Morgan fingerprint density at radius 2 is 1.77 bits per heavy atom. The van der Waals surface area contributed by atoms with Crippen molar-refractivity contribution in [1.82, 2.24) is 4.90 Å². The summed E-state index contributed by atoms with van der Waals surface area (Å²) in [5.74, 6) is -0.368. The van der Waals surface area contributed by atoms with Gasteiger partial charge in [0.25, 0.3) is 0 Å². The van der Waals surface area contributed by atoms with Crippen LogP contribution in [0.15, 0.2) is 29.8 Å². The summed E-state index contributed by atoms with van der Waals surface area (Å²) in [4.78, 5) is 14.4. The Kier molecular flexibility index (Phi) is 4.52. The van der Waals surface area contributed by atoms with E-state index in [1.807, 2.05) is 42.2 Å². The molecule has 0 unspecified atom stereocenters. The fourth-order valence-corrected chi connectivity index (χ4v) is 3.08. The first-order valence-corrected chi connectivity index (χ1v) is 7.97. The molecule has 3 rings (SSSR count). The number of ether oxygens (including phenoxy) is 2. The minimum absolute atomic E-state index is 0.0720. The van der Waals surface area contributed by atoms with Crippen LogP contribution in [0.5, 0.6) is 0 Å². The Balaban J connectivity index is 1.62. The number of rotatable bonds is 2. The van der Waals surface area contributed by atoms with Crippen LogP contribution in [0, 0.1) is 0 Å². The van der Waals surface area contributed by atoms with Gasteiger partial charge in [-0.3, -0.25) is 4.79 Å². The summed E-state index contributed by atoms with van der Waals surface area (Å²) in [5, 5.41) is 0.694. The van der Waals surface area contributed by atoms with Crippen LogP contribution in [0.25, 0.3) is 6.08 Å². The van der Waals surface area contributed by atoms with Crippen LogP contribution < -0.4 is 0 Å². The molecular weight excluding hydrogens is 302 g/mol. The third-order valence-corrected chi connectivity index (χ3v) is 4.47. The number of benzene rings is 1. The SMILES string of the molecule is C/C(=C\c1ccc(Cl)cc1)C(=O)N1CCC2(CC1)OCCO2. The molecule has 4 nitrogen and oxygen atoms in total. The van der Waals surface area contributed by atoms with E-state index in [0.717, 1.165) is 24.0 Å². The lowest BCUT2D eigenvalue weighted by atomic mass is 10.0. The summed E-state index contributed by atoms with van der Waals surface area (Å²) < 4.78 is 11.4. The summed E-state index contributed by atoms with van der Waals surface area (Å²) in [6.45, 7) is 4.51. The van der Waals surface area contributed by atoms with Gasteiger partial charge >= 0.3 is 0 Å². The zero-order valence-corrected chi connectivity index (χ0v) is 13.4. The van der Waals surface area contributed by atoms with Gasteiger partial charge in [0.05, 0.1) is 13.2 Å². The van der Waals surface area contributed by atoms with E-state index in [-0.39, 0.29) is 5.91 Å².